The fourth-order valence-corrected chi connectivity index (χ4v) is 0.908. The Bertz CT molecular complexity index is 326. The van der Waals surface area contributed by atoms with Gasteiger partial charge >= 0.3 is 17.1 Å². The van der Waals surface area contributed by atoms with Crippen molar-refractivity contribution in [2.75, 3.05) is 0 Å². The monoisotopic (exact) mass is 278 g/mol. The maximum Gasteiger partial charge on any atom is 2.00 e. The van der Waals surface area contributed by atoms with Gasteiger partial charge in [-0.3, -0.25) is 4.98 Å². The number of nitrogens with one attached hydrogen (secondary N) is 1. The van der Waals surface area contributed by atoms with Gasteiger partial charge in [-0.25, -0.2) is 4.98 Å². The third-order valence-corrected chi connectivity index (χ3v) is 1.41. The van der Waals surface area contributed by atoms with Crippen molar-refractivity contribution >= 4 is 0 Å². The molecule has 0 fully saturated rings. The summed E-state index contributed by atoms with van der Waals surface area (Å²) in [6, 6.07) is 5.73. The summed E-state index contributed by atoms with van der Waals surface area (Å²) in [5.41, 5.74) is 0.873. The topological polar surface area (TPSA) is 41.6 Å². The van der Waals surface area contributed by atoms with Gasteiger partial charge in [0.15, 0.2) is 5.82 Å². The van der Waals surface area contributed by atoms with E-state index in [9.17, 15) is 0 Å². The average Bonchev–Trinajstić information content (AvgIpc) is 2.58. The summed E-state index contributed by atoms with van der Waals surface area (Å²) in [4.78, 5) is 11.2. The Morgan fingerprint density at radius 1 is 1.00 bits per heavy atom. The van der Waals surface area contributed by atoms with E-state index in [-0.39, 0.29) is 41.9 Å². The first-order valence-corrected chi connectivity index (χ1v) is 3.37. The Balaban J connectivity index is 0. The van der Waals surface area contributed by atoms with Gasteiger partial charge in [0, 0.05) is 18.6 Å². The van der Waals surface area contributed by atoms with E-state index in [1.165, 1.54) is 0 Å². The van der Waals surface area contributed by atoms with Gasteiger partial charge in [-0.05, 0) is 12.1 Å². The summed E-state index contributed by atoms with van der Waals surface area (Å²) >= 11 is 0. The summed E-state index contributed by atoms with van der Waals surface area (Å²) in [7, 11) is 0. The molecule has 1 radical (unpaired) electrons. The maximum absolute atomic E-state index is 4.13. The predicted molar refractivity (Wildman–Crippen MR) is 41.8 cm³/mol. The van der Waals surface area contributed by atoms with Crippen molar-refractivity contribution in [3.05, 3.63) is 36.8 Å². The smallest absolute Gasteiger partial charge is 1.00 e. The van der Waals surface area contributed by atoms with Gasteiger partial charge in [-0.1, -0.05) is 6.07 Å². The molecule has 79 valence electrons. The second-order valence-corrected chi connectivity index (χ2v) is 2.15. The zero-order chi connectivity index (χ0) is 7.52. The van der Waals surface area contributed by atoms with Crippen LogP contribution in [-0.4, -0.2) is 15.0 Å². The van der Waals surface area contributed by atoms with Gasteiger partial charge in [-0.15, -0.1) is 0 Å². The van der Waals surface area contributed by atoms with Crippen LogP contribution in [0.3, 0.4) is 0 Å². The van der Waals surface area contributed by atoms with Crippen LogP contribution in [0.5, 0.6) is 0 Å². The fourth-order valence-electron chi connectivity index (χ4n) is 0.908. The number of H-pyrrole nitrogens is 1. The van der Waals surface area contributed by atoms with Crippen LogP contribution in [0, 0.1) is 0 Å². The predicted octanol–water partition coefficient (Wildman–Crippen LogP) is -4.52. The number of nitrogens with zero attached hydrogens (tertiary/aromatic N) is 2. The van der Waals surface area contributed by atoms with Gasteiger partial charge < -0.3 is 29.8 Å². The number of rotatable bonds is 1. The molecule has 2 heterocycles. The molecule has 0 aliphatic heterocycles. The molecule has 0 spiro atoms. The van der Waals surface area contributed by atoms with Gasteiger partial charge in [0.2, 0.25) is 0 Å². The number of hydrogen-bond donors (Lipinski definition) is 1. The van der Waals surface area contributed by atoms with Crippen molar-refractivity contribution in [3.8, 4) is 11.5 Å². The first-order chi connectivity index (χ1) is 5.47. The largest absolute Gasteiger partial charge is 2.00 e. The molecule has 2 rings (SSSR count). The molecule has 0 unspecified atom stereocenters. The van der Waals surface area contributed by atoms with Crippen molar-refractivity contribution in [1.29, 1.82) is 0 Å². The molecule has 3 nitrogen and oxygen atoms in total. The number of aromatic nitrogens is 3. The van der Waals surface area contributed by atoms with Crippen molar-refractivity contribution in [2.24, 2.45) is 0 Å². The number of halogens is 2. The van der Waals surface area contributed by atoms with Crippen molar-refractivity contribution in [2.45, 2.75) is 0 Å². The minimum Gasteiger partial charge on any atom is -1.00 e. The number of pyridine rings is 1. The summed E-state index contributed by atoms with van der Waals surface area (Å²) in [5, 5.41) is 0. The molecule has 0 saturated heterocycles. The molecule has 0 bridgehead atoms. The SMILES string of the molecule is [Cl-].[Cl-].[Cu+2].c1ccc(-c2ncc[nH]2)nc1. The van der Waals surface area contributed by atoms with Crippen LogP contribution in [0.25, 0.3) is 11.5 Å². The summed E-state index contributed by atoms with van der Waals surface area (Å²) < 4.78 is 0. The Morgan fingerprint density at radius 2 is 1.79 bits per heavy atom. The van der Waals surface area contributed by atoms with Crippen molar-refractivity contribution < 1.29 is 41.9 Å². The summed E-state index contributed by atoms with van der Waals surface area (Å²) in [6.07, 6.45) is 5.24. The average molecular weight is 280 g/mol. The van der Waals surface area contributed by atoms with Crippen molar-refractivity contribution in [1.82, 2.24) is 15.0 Å². The van der Waals surface area contributed by atoms with Crippen LogP contribution in [0.1, 0.15) is 0 Å². The first kappa shape index (κ1) is 15.9. The summed E-state index contributed by atoms with van der Waals surface area (Å²) in [6.45, 7) is 0. The Morgan fingerprint density at radius 3 is 2.29 bits per heavy atom. The van der Waals surface area contributed by atoms with E-state index in [1.807, 2.05) is 18.2 Å². The molecule has 14 heavy (non-hydrogen) atoms. The Kier molecular flexibility index (Phi) is 8.89. The zero-order valence-electron chi connectivity index (χ0n) is 6.92. The number of hydrogen-bond acceptors (Lipinski definition) is 2. The van der Waals surface area contributed by atoms with E-state index in [4.69, 9.17) is 0 Å². The van der Waals surface area contributed by atoms with E-state index in [2.05, 4.69) is 15.0 Å². The zero-order valence-corrected chi connectivity index (χ0v) is 9.37. The summed E-state index contributed by atoms with van der Waals surface area (Å²) in [5.74, 6) is 0.811. The minimum atomic E-state index is 0. The molecular weight excluding hydrogens is 273 g/mol. The Hall–Kier alpha value is -0.541. The van der Waals surface area contributed by atoms with Gasteiger partial charge in [0.05, 0.1) is 0 Å². The molecule has 6 heteroatoms. The van der Waals surface area contributed by atoms with Crippen LogP contribution < -0.4 is 24.8 Å². The molecule has 0 saturated carbocycles. The van der Waals surface area contributed by atoms with Gasteiger partial charge in [-0.2, -0.15) is 0 Å². The van der Waals surface area contributed by atoms with Gasteiger partial charge in [0.25, 0.3) is 0 Å². The van der Waals surface area contributed by atoms with E-state index < -0.39 is 0 Å². The second kappa shape index (κ2) is 7.83. The first-order valence-electron chi connectivity index (χ1n) is 3.37. The van der Waals surface area contributed by atoms with E-state index in [0.29, 0.717) is 0 Å². The molecule has 0 atom stereocenters. The fraction of sp³-hybridized carbons (Fsp3) is 0. The van der Waals surface area contributed by atoms with Gasteiger partial charge in [0.1, 0.15) is 5.69 Å². The molecule has 2 aromatic rings. The molecule has 0 amide bonds. The molecule has 0 aliphatic carbocycles. The number of imidazole rings is 1. The van der Waals surface area contributed by atoms with Crippen LogP contribution >= 0.6 is 0 Å². The molecule has 2 aromatic heterocycles. The standard InChI is InChI=1S/C8H7N3.2ClH.Cu/c1-2-4-9-7(3-1)8-10-5-6-11-8;;;/h1-6H,(H,10,11);2*1H;/q;;;+2/p-2. The van der Waals surface area contributed by atoms with Crippen LogP contribution in [0.2, 0.25) is 0 Å². The van der Waals surface area contributed by atoms with E-state index in [0.717, 1.165) is 11.5 Å². The molecule has 0 aliphatic rings. The van der Waals surface area contributed by atoms with Crippen LogP contribution in [0.4, 0.5) is 0 Å². The normalized spacial score (nSPS) is 7.71. The quantitative estimate of drug-likeness (QED) is 0.535. The van der Waals surface area contributed by atoms with Crippen LogP contribution in [-0.2, 0) is 17.1 Å². The van der Waals surface area contributed by atoms with E-state index >= 15 is 0 Å². The number of aromatic amines is 1. The Labute approximate surface area is 105 Å². The molecule has 1 N–H and O–H groups in total. The maximum atomic E-state index is 4.13. The third-order valence-electron chi connectivity index (χ3n) is 1.41. The third kappa shape index (κ3) is 3.68. The molecule has 0 aromatic carbocycles. The van der Waals surface area contributed by atoms with Crippen LogP contribution in [0.15, 0.2) is 36.8 Å². The minimum absolute atomic E-state index is 0. The second-order valence-electron chi connectivity index (χ2n) is 2.15. The van der Waals surface area contributed by atoms with E-state index in [1.54, 1.807) is 18.6 Å². The van der Waals surface area contributed by atoms with Crippen molar-refractivity contribution in [3.63, 3.8) is 0 Å². The molecular formula is C8H7Cl2CuN3.